The van der Waals surface area contributed by atoms with Crippen LogP contribution in [-0.2, 0) is 0 Å². The van der Waals surface area contributed by atoms with E-state index in [1.54, 1.807) is 17.6 Å². The van der Waals surface area contributed by atoms with Gasteiger partial charge in [-0.2, -0.15) is 0 Å². The van der Waals surface area contributed by atoms with E-state index in [4.69, 9.17) is 4.74 Å². The van der Waals surface area contributed by atoms with Crippen LogP contribution in [0.3, 0.4) is 0 Å². The summed E-state index contributed by atoms with van der Waals surface area (Å²) in [5.41, 5.74) is 3.18. The summed E-state index contributed by atoms with van der Waals surface area (Å²) in [5, 5.41) is 3.43. The first kappa shape index (κ1) is 16.6. The lowest BCUT2D eigenvalue weighted by molar-refractivity contribution is 0.415. The molecule has 1 saturated heterocycles. The minimum Gasteiger partial charge on any atom is -0.497 e. The van der Waals surface area contributed by atoms with Crippen molar-refractivity contribution in [2.45, 2.75) is 13.0 Å². The molecule has 0 unspecified atom stereocenters. The van der Waals surface area contributed by atoms with E-state index >= 15 is 0 Å². The fraction of sp³-hybridized carbons (Fsp3) is 0.300. The van der Waals surface area contributed by atoms with Crippen LogP contribution in [0.5, 0.6) is 5.75 Å². The standard InChI is InChI=1S/C20H22N4O2/c1-14-12-23(10-9-21-14)16-5-8-19-22-18(11-20(25)24(19)13-16)15-3-6-17(26-2)7-4-15/h3-8,11,13-14,21H,9-10,12H2,1-2H3/t14-/m0/s1. The van der Waals surface area contributed by atoms with Crippen molar-refractivity contribution in [2.24, 2.45) is 0 Å². The zero-order valence-electron chi connectivity index (χ0n) is 15.0. The van der Waals surface area contributed by atoms with E-state index in [1.807, 2.05) is 42.6 Å². The van der Waals surface area contributed by atoms with Gasteiger partial charge >= 0.3 is 0 Å². The minimum atomic E-state index is -0.0779. The van der Waals surface area contributed by atoms with Gasteiger partial charge < -0.3 is 15.0 Å². The highest BCUT2D eigenvalue weighted by Gasteiger charge is 2.16. The first-order valence-corrected chi connectivity index (χ1v) is 8.80. The van der Waals surface area contributed by atoms with Crippen molar-refractivity contribution in [3.8, 4) is 17.0 Å². The molecule has 1 fully saturated rings. The van der Waals surface area contributed by atoms with Crippen LogP contribution in [-0.4, -0.2) is 42.2 Å². The number of nitrogens with zero attached hydrogens (tertiary/aromatic N) is 3. The number of nitrogens with one attached hydrogen (secondary N) is 1. The Morgan fingerprint density at radius 2 is 2.00 bits per heavy atom. The number of pyridine rings is 1. The van der Waals surface area contributed by atoms with Crippen molar-refractivity contribution in [3.63, 3.8) is 0 Å². The molecule has 3 heterocycles. The number of benzene rings is 1. The summed E-state index contributed by atoms with van der Waals surface area (Å²) in [5.74, 6) is 0.779. The third-order valence-corrected chi connectivity index (χ3v) is 4.76. The zero-order valence-corrected chi connectivity index (χ0v) is 15.0. The van der Waals surface area contributed by atoms with Crippen molar-refractivity contribution in [2.75, 3.05) is 31.6 Å². The predicted octanol–water partition coefficient (Wildman–Crippen LogP) is 2.17. The second kappa shape index (κ2) is 6.80. The lowest BCUT2D eigenvalue weighted by atomic mass is 10.1. The average Bonchev–Trinajstić information content (AvgIpc) is 2.68. The third kappa shape index (κ3) is 3.15. The SMILES string of the molecule is COc1ccc(-c2cc(=O)n3cc(N4CCN[C@@H](C)C4)ccc3n2)cc1. The normalized spacial score (nSPS) is 17.5. The Bertz CT molecular complexity index is 981. The highest BCUT2D eigenvalue weighted by molar-refractivity contribution is 5.63. The van der Waals surface area contributed by atoms with Gasteiger partial charge in [-0.05, 0) is 43.3 Å². The molecule has 0 bridgehead atoms. The summed E-state index contributed by atoms with van der Waals surface area (Å²) >= 11 is 0. The van der Waals surface area contributed by atoms with Crippen LogP contribution in [0.15, 0.2) is 53.5 Å². The van der Waals surface area contributed by atoms with E-state index in [2.05, 4.69) is 22.1 Å². The number of ether oxygens (including phenoxy) is 1. The number of hydrogen-bond donors (Lipinski definition) is 1. The Hall–Kier alpha value is -2.86. The molecule has 1 N–H and O–H groups in total. The number of methoxy groups -OCH3 is 1. The maximum Gasteiger partial charge on any atom is 0.258 e. The van der Waals surface area contributed by atoms with E-state index in [-0.39, 0.29) is 5.56 Å². The van der Waals surface area contributed by atoms with E-state index in [0.717, 1.165) is 36.6 Å². The predicted molar refractivity (Wildman–Crippen MR) is 103 cm³/mol. The molecule has 26 heavy (non-hydrogen) atoms. The number of piperazine rings is 1. The number of hydrogen-bond acceptors (Lipinski definition) is 5. The van der Waals surface area contributed by atoms with Crippen LogP contribution in [0.25, 0.3) is 16.9 Å². The van der Waals surface area contributed by atoms with Crippen molar-refractivity contribution in [1.29, 1.82) is 0 Å². The first-order valence-electron chi connectivity index (χ1n) is 8.80. The lowest BCUT2D eigenvalue weighted by Crippen LogP contribution is -2.49. The van der Waals surface area contributed by atoms with Crippen molar-refractivity contribution < 1.29 is 4.74 Å². The van der Waals surface area contributed by atoms with Gasteiger partial charge in [0.15, 0.2) is 0 Å². The van der Waals surface area contributed by atoms with E-state index in [0.29, 0.717) is 17.4 Å². The van der Waals surface area contributed by atoms with Gasteiger partial charge in [0.2, 0.25) is 0 Å². The smallest absolute Gasteiger partial charge is 0.258 e. The van der Waals surface area contributed by atoms with Gasteiger partial charge in [0.05, 0.1) is 18.5 Å². The molecule has 0 spiro atoms. The first-order chi connectivity index (χ1) is 12.6. The van der Waals surface area contributed by atoms with E-state index in [9.17, 15) is 4.79 Å². The second-order valence-corrected chi connectivity index (χ2v) is 6.62. The molecule has 1 atom stereocenters. The van der Waals surface area contributed by atoms with E-state index < -0.39 is 0 Å². The quantitative estimate of drug-likeness (QED) is 0.784. The summed E-state index contributed by atoms with van der Waals surface area (Å²) in [4.78, 5) is 19.6. The van der Waals surface area contributed by atoms with Gasteiger partial charge in [-0.1, -0.05) is 0 Å². The van der Waals surface area contributed by atoms with Crippen LogP contribution >= 0.6 is 0 Å². The highest BCUT2D eigenvalue weighted by Crippen LogP contribution is 2.21. The molecule has 6 heteroatoms. The van der Waals surface area contributed by atoms with Crippen LogP contribution in [0.2, 0.25) is 0 Å². The van der Waals surface area contributed by atoms with Gasteiger partial charge in [0, 0.05) is 43.5 Å². The maximum absolute atomic E-state index is 12.7. The van der Waals surface area contributed by atoms with Gasteiger partial charge in [-0.3, -0.25) is 9.20 Å². The fourth-order valence-electron chi connectivity index (χ4n) is 3.36. The van der Waals surface area contributed by atoms with Crippen LogP contribution in [0, 0.1) is 0 Å². The van der Waals surface area contributed by atoms with Crippen LogP contribution in [0.1, 0.15) is 6.92 Å². The Kier molecular flexibility index (Phi) is 4.34. The minimum absolute atomic E-state index is 0.0779. The van der Waals surface area contributed by atoms with Crippen LogP contribution < -0.4 is 20.5 Å². The Balaban J connectivity index is 1.71. The molecular weight excluding hydrogens is 328 g/mol. The number of anilines is 1. The number of rotatable bonds is 3. The highest BCUT2D eigenvalue weighted by atomic mass is 16.5. The Labute approximate surface area is 152 Å². The Morgan fingerprint density at radius 1 is 1.19 bits per heavy atom. The summed E-state index contributed by atoms with van der Waals surface area (Å²) in [7, 11) is 1.63. The van der Waals surface area contributed by atoms with Crippen molar-refractivity contribution in [1.82, 2.24) is 14.7 Å². The average molecular weight is 350 g/mol. The maximum atomic E-state index is 12.7. The van der Waals surface area contributed by atoms with Gasteiger partial charge in [-0.25, -0.2) is 4.98 Å². The molecule has 0 amide bonds. The second-order valence-electron chi connectivity index (χ2n) is 6.62. The summed E-state index contributed by atoms with van der Waals surface area (Å²) in [6, 6.07) is 13.5. The molecule has 1 aromatic carbocycles. The zero-order chi connectivity index (χ0) is 18.1. The molecule has 2 aromatic heterocycles. The molecule has 0 saturated carbocycles. The molecule has 134 valence electrons. The Morgan fingerprint density at radius 3 is 2.73 bits per heavy atom. The topological polar surface area (TPSA) is 58.9 Å². The van der Waals surface area contributed by atoms with Gasteiger partial charge in [0.25, 0.3) is 5.56 Å². The molecule has 4 rings (SSSR count). The number of aromatic nitrogens is 2. The molecular formula is C20H22N4O2. The van der Waals surface area contributed by atoms with Gasteiger partial charge in [0.1, 0.15) is 11.4 Å². The van der Waals surface area contributed by atoms with Crippen LogP contribution in [0.4, 0.5) is 5.69 Å². The molecule has 3 aromatic rings. The molecule has 0 aliphatic carbocycles. The largest absolute Gasteiger partial charge is 0.497 e. The van der Waals surface area contributed by atoms with Crippen molar-refractivity contribution >= 4 is 11.3 Å². The molecule has 6 nitrogen and oxygen atoms in total. The summed E-state index contributed by atoms with van der Waals surface area (Å²) < 4.78 is 6.80. The summed E-state index contributed by atoms with van der Waals surface area (Å²) in [6.45, 7) is 4.98. The molecule has 1 aliphatic rings. The number of fused-ring (bicyclic) bond motifs is 1. The lowest BCUT2D eigenvalue weighted by Gasteiger charge is -2.33. The molecule has 1 aliphatic heterocycles. The fourth-order valence-corrected chi connectivity index (χ4v) is 3.36. The third-order valence-electron chi connectivity index (χ3n) is 4.76. The van der Waals surface area contributed by atoms with E-state index in [1.165, 1.54) is 0 Å². The van der Waals surface area contributed by atoms with Gasteiger partial charge in [-0.15, -0.1) is 0 Å². The monoisotopic (exact) mass is 350 g/mol. The van der Waals surface area contributed by atoms with Crippen molar-refractivity contribution in [3.05, 3.63) is 59.0 Å². The summed E-state index contributed by atoms with van der Waals surface area (Å²) in [6.07, 6.45) is 1.89. The molecule has 0 radical (unpaired) electrons.